The zero-order chi connectivity index (χ0) is 14.7. The Bertz CT molecular complexity index is 646. The number of nitrogens with one attached hydrogen (secondary N) is 1. The number of carboxylic acid groups (broad SMARTS) is 1. The van der Waals surface area contributed by atoms with Crippen LogP contribution >= 0.6 is 0 Å². The molecule has 6 nitrogen and oxygen atoms in total. The number of anilines is 3. The zero-order valence-electron chi connectivity index (χ0n) is 11.0. The molecule has 7 heteroatoms. The lowest BCUT2D eigenvalue weighted by Crippen LogP contribution is -2.13. The number of benzene rings is 1. The Kier molecular flexibility index (Phi) is 3.79. The van der Waals surface area contributed by atoms with Crippen LogP contribution in [0.4, 0.5) is 21.8 Å². The lowest BCUT2D eigenvalue weighted by Gasteiger charge is -2.12. The molecule has 2 aromatic rings. The second kappa shape index (κ2) is 5.52. The van der Waals surface area contributed by atoms with Crippen molar-refractivity contribution in [2.45, 2.75) is 0 Å². The smallest absolute Gasteiger partial charge is 0.335 e. The second-order valence-corrected chi connectivity index (χ2v) is 4.26. The van der Waals surface area contributed by atoms with Crippen molar-refractivity contribution in [2.24, 2.45) is 0 Å². The van der Waals surface area contributed by atoms with E-state index in [1.54, 1.807) is 31.3 Å². The molecule has 0 aliphatic carbocycles. The number of nitrogens with zero attached hydrogens (tertiary/aromatic N) is 3. The van der Waals surface area contributed by atoms with Crippen LogP contribution in [0, 0.1) is 5.82 Å². The molecule has 1 heterocycles. The molecule has 0 saturated heterocycles. The second-order valence-electron chi connectivity index (χ2n) is 4.26. The van der Waals surface area contributed by atoms with E-state index in [0.717, 1.165) is 6.07 Å². The van der Waals surface area contributed by atoms with Crippen LogP contribution in [0.2, 0.25) is 0 Å². The number of hydrogen-bond acceptors (Lipinski definition) is 5. The molecule has 2 rings (SSSR count). The van der Waals surface area contributed by atoms with Crippen molar-refractivity contribution in [3.05, 3.63) is 41.8 Å². The Hall–Kier alpha value is -2.70. The molecule has 0 fully saturated rings. The third-order valence-electron chi connectivity index (χ3n) is 2.52. The molecule has 0 aliphatic heterocycles. The van der Waals surface area contributed by atoms with Crippen LogP contribution in [-0.4, -0.2) is 35.1 Å². The SMILES string of the molecule is CN(C)c1nccc(Nc2ccc(C(=O)O)cc2F)n1. The van der Waals surface area contributed by atoms with Gasteiger partial charge < -0.3 is 15.3 Å². The number of carboxylic acids is 1. The minimum atomic E-state index is -1.17. The molecule has 104 valence electrons. The highest BCUT2D eigenvalue weighted by Gasteiger charge is 2.09. The topological polar surface area (TPSA) is 78.4 Å². The predicted octanol–water partition coefficient (Wildman–Crippen LogP) is 2.12. The summed E-state index contributed by atoms with van der Waals surface area (Å²) in [6.45, 7) is 0. The maximum Gasteiger partial charge on any atom is 0.335 e. The molecule has 1 aromatic carbocycles. The van der Waals surface area contributed by atoms with Gasteiger partial charge in [0.25, 0.3) is 0 Å². The van der Waals surface area contributed by atoms with Gasteiger partial charge in [-0.15, -0.1) is 0 Å². The van der Waals surface area contributed by atoms with Crippen LogP contribution in [0.5, 0.6) is 0 Å². The van der Waals surface area contributed by atoms with Gasteiger partial charge in [-0.25, -0.2) is 14.2 Å². The van der Waals surface area contributed by atoms with Crippen LogP contribution in [0.3, 0.4) is 0 Å². The first-order valence-corrected chi connectivity index (χ1v) is 5.77. The molecule has 0 spiro atoms. The standard InChI is InChI=1S/C13H13FN4O2/c1-18(2)13-15-6-5-11(17-13)16-10-4-3-8(12(19)20)7-9(10)14/h3-7H,1-2H3,(H,19,20)(H,15,16,17). The Morgan fingerprint density at radius 2 is 2.10 bits per heavy atom. The van der Waals surface area contributed by atoms with Crippen molar-refractivity contribution in [1.29, 1.82) is 0 Å². The van der Waals surface area contributed by atoms with E-state index in [-0.39, 0.29) is 11.3 Å². The van der Waals surface area contributed by atoms with E-state index in [4.69, 9.17) is 5.11 Å². The number of hydrogen-bond donors (Lipinski definition) is 2. The van der Waals surface area contributed by atoms with Gasteiger partial charge in [0.1, 0.15) is 11.6 Å². The van der Waals surface area contributed by atoms with Gasteiger partial charge in [-0.05, 0) is 24.3 Å². The Balaban J connectivity index is 2.26. The van der Waals surface area contributed by atoms with Crippen LogP contribution in [0.1, 0.15) is 10.4 Å². The summed E-state index contributed by atoms with van der Waals surface area (Å²) >= 11 is 0. The maximum absolute atomic E-state index is 13.8. The number of aromatic nitrogens is 2. The molecule has 20 heavy (non-hydrogen) atoms. The summed E-state index contributed by atoms with van der Waals surface area (Å²) in [6.07, 6.45) is 1.55. The quantitative estimate of drug-likeness (QED) is 0.890. The molecule has 0 amide bonds. The van der Waals surface area contributed by atoms with Gasteiger partial charge in [0.05, 0.1) is 11.3 Å². The van der Waals surface area contributed by atoms with Crippen molar-refractivity contribution < 1.29 is 14.3 Å². The number of rotatable bonds is 4. The van der Waals surface area contributed by atoms with E-state index in [1.165, 1.54) is 12.1 Å². The van der Waals surface area contributed by atoms with E-state index in [9.17, 15) is 9.18 Å². The predicted molar refractivity (Wildman–Crippen MR) is 73.0 cm³/mol. The molecule has 0 radical (unpaired) electrons. The highest BCUT2D eigenvalue weighted by molar-refractivity contribution is 5.88. The van der Waals surface area contributed by atoms with Crippen LogP contribution < -0.4 is 10.2 Å². The summed E-state index contributed by atoms with van der Waals surface area (Å²) in [6, 6.07) is 5.23. The first kappa shape index (κ1) is 13.7. The molecule has 0 saturated carbocycles. The van der Waals surface area contributed by atoms with Gasteiger partial charge in [0.2, 0.25) is 5.95 Å². The first-order chi connectivity index (χ1) is 9.47. The number of carbonyl (C=O) groups is 1. The summed E-state index contributed by atoms with van der Waals surface area (Å²) < 4.78 is 13.8. The third-order valence-corrected chi connectivity index (χ3v) is 2.52. The van der Waals surface area contributed by atoms with Gasteiger partial charge in [-0.2, -0.15) is 4.98 Å². The fourth-order valence-electron chi connectivity index (χ4n) is 1.52. The summed E-state index contributed by atoms with van der Waals surface area (Å²) in [4.78, 5) is 20.7. The van der Waals surface area contributed by atoms with E-state index < -0.39 is 11.8 Å². The van der Waals surface area contributed by atoms with Gasteiger partial charge in [-0.3, -0.25) is 0 Å². The van der Waals surface area contributed by atoms with Crippen molar-refractivity contribution in [1.82, 2.24) is 9.97 Å². The van der Waals surface area contributed by atoms with Crippen LogP contribution in [-0.2, 0) is 0 Å². The lowest BCUT2D eigenvalue weighted by atomic mass is 10.2. The van der Waals surface area contributed by atoms with E-state index in [0.29, 0.717) is 11.8 Å². The average Bonchev–Trinajstić information content (AvgIpc) is 2.41. The average molecular weight is 276 g/mol. The molecular weight excluding hydrogens is 263 g/mol. The summed E-state index contributed by atoms with van der Waals surface area (Å²) in [7, 11) is 3.59. The maximum atomic E-state index is 13.8. The molecule has 0 bridgehead atoms. The highest BCUT2D eigenvalue weighted by Crippen LogP contribution is 2.20. The fraction of sp³-hybridized carbons (Fsp3) is 0.154. The van der Waals surface area contributed by atoms with Crippen molar-refractivity contribution in [3.8, 4) is 0 Å². The molecule has 1 aromatic heterocycles. The van der Waals surface area contributed by atoms with Crippen molar-refractivity contribution in [3.63, 3.8) is 0 Å². The van der Waals surface area contributed by atoms with Crippen molar-refractivity contribution >= 4 is 23.4 Å². The minimum absolute atomic E-state index is 0.107. The highest BCUT2D eigenvalue weighted by atomic mass is 19.1. The van der Waals surface area contributed by atoms with Crippen molar-refractivity contribution in [2.75, 3.05) is 24.3 Å². The first-order valence-electron chi connectivity index (χ1n) is 5.77. The monoisotopic (exact) mass is 276 g/mol. The van der Waals surface area contributed by atoms with Crippen LogP contribution in [0.15, 0.2) is 30.5 Å². The number of aromatic carboxylic acids is 1. The zero-order valence-corrected chi connectivity index (χ0v) is 11.0. The Morgan fingerprint density at radius 3 is 2.70 bits per heavy atom. The molecule has 0 atom stereocenters. The van der Waals surface area contributed by atoms with E-state index in [2.05, 4.69) is 15.3 Å². The molecular formula is C13H13FN4O2. The van der Waals surface area contributed by atoms with E-state index >= 15 is 0 Å². The van der Waals surface area contributed by atoms with Gasteiger partial charge in [0, 0.05) is 20.3 Å². The Morgan fingerprint density at radius 1 is 1.35 bits per heavy atom. The normalized spacial score (nSPS) is 10.2. The largest absolute Gasteiger partial charge is 0.478 e. The van der Waals surface area contributed by atoms with Gasteiger partial charge >= 0.3 is 5.97 Å². The number of halogens is 1. The fourth-order valence-corrected chi connectivity index (χ4v) is 1.52. The third kappa shape index (κ3) is 3.00. The van der Waals surface area contributed by atoms with E-state index in [1.807, 2.05) is 0 Å². The minimum Gasteiger partial charge on any atom is -0.478 e. The summed E-state index contributed by atoms with van der Waals surface area (Å²) in [5, 5.41) is 11.6. The molecule has 2 N–H and O–H groups in total. The lowest BCUT2D eigenvalue weighted by molar-refractivity contribution is 0.0696. The molecule has 0 aliphatic rings. The Labute approximate surface area is 114 Å². The summed E-state index contributed by atoms with van der Waals surface area (Å²) in [5.41, 5.74) is 0.0446. The van der Waals surface area contributed by atoms with Gasteiger partial charge in [-0.1, -0.05) is 0 Å². The summed E-state index contributed by atoms with van der Waals surface area (Å²) in [5.74, 6) is -0.925. The van der Waals surface area contributed by atoms with Gasteiger partial charge in [0.15, 0.2) is 0 Å². The molecule has 0 unspecified atom stereocenters. The van der Waals surface area contributed by atoms with Crippen LogP contribution in [0.25, 0.3) is 0 Å².